The van der Waals surface area contributed by atoms with Crippen LogP contribution < -0.4 is 10.5 Å². The predicted octanol–water partition coefficient (Wildman–Crippen LogP) is 2.36. The van der Waals surface area contributed by atoms with Crippen molar-refractivity contribution in [1.82, 2.24) is 4.90 Å². The fourth-order valence-corrected chi connectivity index (χ4v) is 2.81. The molecule has 2 rings (SSSR count). The quantitative estimate of drug-likeness (QED) is 0.922. The van der Waals surface area contributed by atoms with Crippen LogP contribution in [-0.2, 0) is 4.79 Å². The van der Waals surface area contributed by atoms with E-state index in [0.717, 1.165) is 11.3 Å². The molecule has 2 atom stereocenters. The number of amides is 1. The molecule has 0 saturated carbocycles. The highest BCUT2D eigenvalue weighted by Gasteiger charge is 2.39. The summed E-state index contributed by atoms with van der Waals surface area (Å²) in [7, 11) is 0. The highest BCUT2D eigenvalue weighted by molar-refractivity contribution is 6.30. The molecule has 1 aromatic rings. The maximum absolute atomic E-state index is 11.9. The van der Waals surface area contributed by atoms with Crippen molar-refractivity contribution >= 4 is 17.5 Å². The van der Waals surface area contributed by atoms with Crippen molar-refractivity contribution in [3.8, 4) is 5.75 Å². The molecule has 2 N–H and O–H groups in total. The van der Waals surface area contributed by atoms with E-state index in [9.17, 15) is 4.79 Å². The largest absolute Gasteiger partial charge is 0.494 e. The molecule has 19 heavy (non-hydrogen) atoms. The van der Waals surface area contributed by atoms with Gasteiger partial charge < -0.3 is 15.4 Å². The number of rotatable bonds is 4. The summed E-state index contributed by atoms with van der Waals surface area (Å²) >= 11 is 6.07. The molecule has 1 aliphatic rings. The van der Waals surface area contributed by atoms with Crippen LogP contribution in [-0.4, -0.2) is 30.0 Å². The van der Waals surface area contributed by atoms with Crippen molar-refractivity contribution in [1.29, 1.82) is 0 Å². The van der Waals surface area contributed by atoms with E-state index < -0.39 is 0 Å². The van der Waals surface area contributed by atoms with E-state index in [1.165, 1.54) is 0 Å². The van der Waals surface area contributed by atoms with Crippen LogP contribution in [0.1, 0.15) is 31.9 Å². The Morgan fingerprint density at radius 3 is 2.84 bits per heavy atom. The first kappa shape index (κ1) is 14.2. The molecule has 0 aromatic heterocycles. The molecular formula is C14H19ClN2O2. The molecule has 0 spiro atoms. The molecular weight excluding hydrogens is 264 g/mol. The van der Waals surface area contributed by atoms with Crippen molar-refractivity contribution in [2.75, 3.05) is 13.2 Å². The molecule has 2 unspecified atom stereocenters. The average molecular weight is 283 g/mol. The molecule has 1 fully saturated rings. The Labute approximate surface area is 118 Å². The third-order valence-corrected chi connectivity index (χ3v) is 3.64. The molecule has 1 amide bonds. The normalized spacial score (nSPS) is 22.9. The van der Waals surface area contributed by atoms with Gasteiger partial charge in [-0.15, -0.1) is 0 Å². The summed E-state index contributed by atoms with van der Waals surface area (Å²) in [6.07, 6.45) is 0.372. The number of halogens is 1. The van der Waals surface area contributed by atoms with E-state index in [0.29, 0.717) is 24.6 Å². The number of hydrogen-bond acceptors (Lipinski definition) is 3. The van der Waals surface area contributed by atoms with Crippen LogP contribution in [0.4, 0.5) is 0 Å². The number of nitrogens with zero attached hydrogens (tertiary/aromatic N) is 1. The lowest BCUT2D eigenvalue weighted by molar-refractivity contribution is -0.128. The lowest BCUT2D eigenvalue weighted by Crippen LogP contribution is -2.33. The second kappa shape index (κ2) is 5.80. The highest BCUT2D eigenvalue weighted by atomic mass is 35.5. The molecule has 1 saturated heterocycles. The lowest BCUT2D eigenvalue weighted by atomic mass is 9.99. The van der Waals surface area contributed by atoms with Crippen LogP contribution in [0.3, 0.4) is 0 Å². The van der Waals surface area contributed by atoms with Gasteiger partial charge in [0.15, 0.2) is 0 Å². The topological polar surface area (TPSA) is 55.6 Å². The van der Waals surface area contributed by atoms with Gasteiger partial charge in [-0.1, -0.05) is 11.6 Å². The smallest absolute Gasteiger partial charge is 0.224 e. The Hall–Kier alpha value is -1.26. The first-order chi connectivity index (χ1) is 9.08. The zero-order valence-electron chi connectivity index (χ0n) is 11.2. The van der Waals surface area contributed by atoms with Gasteiger partial charge in [0.25, 0.3) is 0 Å². The summed E-state index contributed by atoms with van der Waals surface area (Å²) in [5.74, 6) is 0.836. The van der Waals surface area contributed by atoms with E-state index in [1.54, 1.807) is 11.0 Å². The number of carbonyl (C=O) groups excluding carboxylic acids is 1. The van der Waals surface area contributed by atoms with Crippen LogP contribution in [0.2, 0.25) is 5.02 Å². The Balaban J connectivity index is 2.44. The minimum absolute atomic E-state index is 0.0856. The number of carbonyl (C=O) groups is 1. The first-order valence-electron chi connectivity index (χ1n) is 6.55. The van der Waals surface area contributed by atoms with Gasteiger partial charge in [-0.2, -0.15) is 0 Å². The maximum Gasteiger partial charge on any atom is 0.224 e. The number of benzene rings is 1. The maximum atomic E-state index is 11.9. The van der Waals surface area contributed by atoms with Crippen LogP contribution in [0, 0.1) is 0 Å². The third kappa shape index (κ3) is 2.69. The van der Waals surface area contributed by atoms with Crippen molar-refractivity contribution in [2.45, 2.75) is 32.4 Å². The van der Waals surface area contributed by atoms with Gasteiger partial charge in [-0.25, -0.2) is 0 Å². The van der Waals surface area contributed by atoms with Gasteiger partial charge in [0.1, 0.15) is 5.75 Å². The van der Waals surface area contributed by atoms with E-state index in [1.807, 2.05) is 26.0 Å². The van der Waals surface area contributed by atoms with E-state index >= 15 is 0 Å². The van der Waals surface area contributed by atoms with Gasteiger partial charge >= 0.3 is 0 Å². The summed E-state index contributed by atoms with van der Waals surface area (Å²) in [4.78, 5) is 13.7. The molecule has 1 aromatic carbocycles. The van der Waals surface area contributed by atoms with Crippen LogP contribution in [0.15, 0.2) is 18.2 Å². The Morgan fingerprint density at radius 1 is 1.47 bits per heavy atom. The van der Waals surface area contributed by atoms with E-state index in [-0.39, 0.29) is 18.0 Å². The van der Waals surface area contributed by atoms with Gasteiger partial charge in [0.2, 0.25) is 5.91 Å². The number of likely N-dealkylation sites (N-methyl/N-ethyl adjacent to an activating group) is 1. The van der Waals surface area contributed by atoms with E-state index in [4.69, 9.17) is 22.1 Å². The van der Waals surface area contributed by atoms with E-state index in [2.05, 4.69) is 0 Å². The fourth-order valence-electron chi connectivity index (χ4n) is 2.63. The number of ether oxygens (including phenoxy) is 1. The Morgan fingerprint density at radius 2 is 2.21 bits per heavy atom. The predicted molar refractivity (Wildman–Crippen MR) is 75.3 cm³/mol. The molecule has 1 heterocycles. The molecule has 0 aliphatic carbocycles. The van der Waals surface area contributed by atoms with Crippen molar-refractivity contribution in [3.63, 3.8) is 0 Å². The average Bonchev–Trinajstić information content (AvgIpc) is 2.66. The highest BCUT2D eigenvalue weighted by Crippen LogP contribution is 2.38. The summed E-state index contributed by atoms with van der Waals surface area (Å²) in [6, 6.07) is 5.10. The SMILES string of the molecule is CCOc1ccc(Cl)cc1C1C(N)CC(=O)N1CC. The lowest BCUT2D eigenvalue weighted by Gasteiger charge is -2.27. The molecule has 104 valence electrons. The van der Waals surface area contributed by atoms with Crippen molar-refractivity contribution in [3.05, 3.63) is 28.8 Å². The standard InChI is InChI=1S/C14H19ClN2O2/c1-3-17-13(18)8-11(16)14(17)10-7-9(15)5-6-12(10)19-4-2/h5-7,11,14H,3-4,8,16H2,1-2H3. The summed E-state index contributed by atoms with van der Waals surface area (Å²) in [5.41, 5.74) is 7.02. The van der Waals surface area contributed by atoms with Crippen molar-refractivity contribution < 1.29 is 9.53 Å². The monoisotopic (exact) mass is 282 g/mol. The first-order valence-corrected chi connectivity index (χ1v) is 6.93. The molecule has 4 nitrogen and oxygen atoms in total. The molecule has 5 heteroatoms. The summed E-state index contributed by atoms with van der Waals surface area (Å²) in [6.45, 7) is 5.08. The van der Waals surface area contributed by atoms with Crippen LogP contribution in [0.25, 0.3) is 0 Å². The zero-order chi connectivity index (χ0) is 14.0. The van der Waals surface area contributed by atoms with Crippen molar-refractivity contribution in [2.24, 2.45) is 5.73 Å². The number of likely N-dealkylation sites (tertiary alicyclic amines) is 1. The zero-order valence-corrected chi connectivity index (χ0v) is 12.0. The molecule has 1 aliphatic heterocycles. The second-order valence-corrected chi connectivity index (χ2v) is 5.04. The van der Waals surface area contributed by atoms with Crippen LogP contribution in [0.5, 0.6) is 5.75 Å². The number of nitrogens with two attached hydrogens (primary N) is 1. The molecule has 0 radical (unpaired) electrons. The van der Waals surface area contributed by atoms with Gasteiger partial charge in [-0.3, -0.25) is 4.79 Å². The fraction of sp³-hybridized carbons (Fsp3) is 0.500. The number of hydrogen-bond donors (Lipinski definition) is 1. The summed E-state index contributed by atoms with van der Waals surface area (Å²) in [5, 5.41) is 0.626. The van der Waals surface area contributed by atoms with Gasteiger partial charge in [0.05, 0.1) is 12.6 Å². The minimum Gasteiger partial charge on any atom is -0.494 e. The third-order valence-electron chi connectivity index (χ3n) is 3.40. The minimum atomic E-state index is -0.217. The van der Waals surface area contributed by atoms with Gasteiger partial charge in [0, 0.05) is 29.6 Å². The van der Waals surface area contributed by atoms with Crippen LogP contribution >= 0.6 is 11.6 Å². The Bertz CT molecular complexity index is 479. The van der Waals surface area contributed by atoms with Gasteiger partial charge in [-0.05, 0) is 32.0 Å². The molecule has 0 bridgehead atoms. The Kier molecular flexibility index (Phi) is 4.32. The second-order valence-electron chi connectivity index (χ2n) is 4.61. The summed E-state index contributed by atoms with van der Waals surface area (Å²) < 4.78 is 5.63.